The fraction of sp³-hybridized carbons (Fsp3) is 0.714. The first-order chi connectivity index (χ1) is 18.7. The number of hydrogen-bond donors (Lipinski definition) is 4. The molecule has 0 aliphatic carbocycles. The van der Waals surface area contributed by atoms with Crippen molar-refractivity contribution in [1.29, 1.82) is 0 Å². The maximum Gasteiger partial charge on any atom is 0.696 e. The summed E-state index contributed by atoms with van der Waals surface area (Å²) in [6.45, 7) is 3.83. The van der Waals surface area contributed by atoms with Crippen LogP contribution in [0.15, 0.2) is 30.3 Å². The predicted octanol–water partition coefficient (Wildman–Crippen LogP) is 0.657. The van der Waals surface area contributed by atoms with Crippen molar-refractivity contribution in [3.05, 3.63) is 35.9 Å². The Hall–Kier alpha value is -0.960. The number of hydrogen-bond acceptors (Lipinski definition) is 12. The molecule has 0 saturated carbocycles. The summed E-state index contributed by atoms with van der Waals surface area (Å²) in [6.07, 6.45) is -0.775. The second-order valence-corrected chi connectivity index (χ2v) is 11.0. The lowest BCUT2D eigenvalue weighted by Gasteiger charge is -2.33. The molecule has 18 heteroatoms. The third-order valence-electron chi connectivity index (χ3n) is 5.87. The highest BCUT2D eigenvalue weighted by molar-refractivity contribution is 7.32. The van der Waals surface area contributed by atoms with Crippen LogP contribution in [0.2, 0.25) is 0 Å². The number of β-amino-alcohol motifs (C(OH)–C–C–N with tert-alkyl or cyclic N) is 1. The number of rotatable bonds is 15. The highest BCUT2D eigenvalue weighted by atomic mass is 31.1. The van der Waals surface area contributed by atoms with Crippen molar-refractivity contribution in [3.8, 4) is 0 Å². The van der Waals surface area contributed by atoms with E-state index >= 15 is 0 Å². The number of ether oxygens (including phenoxy) is 1. The van der Waals surface area contributed by atoms with E-state index in [2.05, 4.69) is 0 Å². The Morgan fingerprint density at radius 1 is 0.667 bits per heavy atom. The molecule has 39 heavy (non-hydrogen) atoms. The molecule has 1 fully saturated rings. The van der Waals surface area contributed by atoms with Gasteiger partial charge in [0.05, 0.1) is 19.3 Å². The van der Waals surface area contributed by atoms with Gasteiger partial charge in [0.2, 0.25) is 0 Å². The van der Waals surface area contributed by atoms with E-state index in [-0.39, 0.29) is 26.8 Å². The van der Waals surface area contributed by atoms with Crippen LogP contribution in [0.3, 0.4) is 0 Å². The minimum Gasteiger partial charge on any atom is -0.389 e. The van der Waals surface area contributed by atoms with E-state index in [1.165, 1.54) is 0 Å². The molecule has 1 aromatic rings. The summed E-state index contributed by atoms with van der Waals surface area (Å²) >= 11 is 0. The molecule has 1 saturated heterocycles. The van der Waals surface area contributed by atoms with Gasteiger partial charge in [-0.2, -0.15) is 0 Å². The lowest BCUT2D eigenvalue weighted by atomic mass is 10.2. The highest BCUT2D eigenvalue weighted by Crippen LogP contribution is 2.17. The van der Waals surface area contributed by atoms with Gasteiger partial charge in [-0.25, -0.2) is 0 Å². The van der Waals surface area contributed by atoms with Gasteiger partial charge in [-0.3, -0.25) is 19.6 Å². The summed E-state index contributed by atoms with van der Waals surface area (Å²) in [6, 6.07) is 9.62. The van der Waals surface area contributed by atoms with Gasteiger partial charge in [0.15, 0.2) is 20.2 Å². The average molecular weight is 615 g/mol. The van der Waals surface area contributed by atoms with Crippen molar-refractivity contribution >= 4 is 24.8 Å². The van der Waals surface area contributed by atoms with Gasteiger partial charge in [0.25, 0.3) is 0 Å². The summed E-state index contributed by atoms with van der Waals surface area (Å²) < 4.78 is 53.6. The Morgan fingerprint density at radius 3 is 1.44 bits per heavy atom. The number of aliphatic hydroxyl groups excluding tert-OH is 1. The molecule has 0 spiro atoms. The molecular formula is C21H38N4O11P3+3. The standard InChI is InChI=1S/C21H35N4O11P3/c26-21(16-33-15-20-4-2-1-3-5-20)14-22-6-8-23(17-34-37(27)28)10-12-25(19-36-39(31)32)13-11-24(9-7-22)18-35-38(29)30/h1-5,21,26H,6-19H2/p+3. The van der Waals surface area contributed by atoms with Crippen LogP contribution in [0.5, 0.6) is 0 Å². The normalized spacial score (nSPS) is 19.6. The summed E-state index contributed by atoms with van der Waals surface area (Å²) in [4.78, 5) is 34.7. The van der Waals surface area contributed by atoms with E-state index in [9.17, 15) is 18.8 Å². The minimum atomic E-state index is -2.80. The maximum atomic E-state index is 11.1. The molecular weight excluding hydrogens is 577 g/mol. The van der Waals surface area contributed by atoms with E-state index in [1.807, 2.05) is 45.0 Å². The molecule has 0 radical (unpaired) electrons. The largest absolute Gasteiger partial charge is 0.696 e. The van der Waals surface area contributed by atoms with Crippen molar-refractivity contribution in [3.63, 3.8) is 0 Å². The van der Waals surface area contributed by atoms with E-state index in [1.54, 1.807) is 4.90 Å². The Kier molecular flexibility index (Phi) is 17.6. The van der Waals surface area contributed by atoms with Crippen LogP contribution in [0, 0.1) is 0 Å². The molecule has 1 aromatic carbocycles. The number of nitrogens with zero attached hydrogens (tertiary/aromatic N) is 4. The molecule has 0 bridgehead atoms. The molecule has 2 rings (SSSR count). The third kappa shape index (κ3) is 16.8. The lowest BCUT2D eigenvalue weighted by Crippen LogP contribution is -2.48. The quantitative estimate of drug-likeness (QED) is 0.202. The Balaban J connectivity index is 2.03. The zero-order chi connectivity index (χ0) is 28.5. The Labute approximate surface area is 230 Å². The zero-order valence-electron chi connectivity index (χ0n) is 21.6. The van der Waals surface area contributed by atoms with Gasteiger partial charge in [-0.15, -0.1) is 28.3 Å². The van der Waals surface area contributed by atoms with Crippen LogP contribution in [-0.4, -0.2) is 131 Å². The fourth-order valence-electron chi connectivity index (χ4n) is 3.78. The van der Waals surface area contributed by atoms with Crippen LogP contribution >= 0.6 is 24.8 Å². The van der Waals surface area contributed by atoms with Crippen LogP contribution in [0.1, 0.15) is 5.56 Å². The number of aliphatic hydroxyl groups is 1. The molecule has 1 heterocycles. The van der Waals surface area contributed by atoms with Gasteiger partial charge in [-0.05, 0) is 5.56 Å². The van der Waals surface area contributed by atoms with Crippen molar-refractivity contribution in [1.82, 2.24) is 19.6 Å². The molecule has 15 nitrogen and oxygen atoms in total. The second-order valence-electron chi connectivity index (χ2n) is 8.80. The summed E-state index contributed by atoms with van der Waals surface area (Å²) in [5.41, 5.74) is 0.997. The van der Waals surface area contributed by atoms with Crippen LogP contribution in [0.4, 0.5) is 0 Å². The number of benzene rings is 1. The SMILES string of the molecule is O=[P+](O)OCN1CCN(CO[P+](=O)O)CCN(CC(O)COCc2ccccc2)CCN(CO[P+](=O)O)CC1. The first kappa shape index (κ1) is 34.2. The summed E-state index contributed by atoms with van der Waals surface area (Å²) in [5.74, 6) is 0. The topological polar surface area (TPSA) is 182 Å². The molecule has 4 unspecified atom stereocenters. The van der Waals surface area contributed by atoms with E-state index in [4.69, 9.17) is 33.0 Å². The molecule has 4 N–H and O–H groups in total. The predicted molar refractivity (Wildman–Crippen MR) is 141 cm³/mol. The molecule has 4 atom stereocenters. The van der Waals surface area contributed by atoms with E-state index in [0.29, 0.717) is 65.5 Å². The highest BCUT2D eigenvalue weighted by Gasteiger charge is 2.24. The monoisotopic (exact) mass is 615 g/mol. The van der Waals surface area contributed by atoms with Crippen molar-refractivity contribution < 1.29 is 51.8 Å². The zero-order valence-corrected chi connectivity index (χ0v) is 24.3. The van der Waals surface area contributed by atoms with Gasteiger partial charge in [-0.1, -0.05) is 30.3 Å². The third-order valence-corrected chi connectivity index (χ3v) is 6.88. The van der Waals surface area contributed by atoms with Crippen LogP contribution in [-0.2, 0) is 38.6 Å². The molecule has 1 aliphatic heterocycles. The lowest BCUT2D eigenvalue weighted by molar-refractivity contribution is 0.000754. The fourth-order valence-corrected chi connectivity index (χ4v) is 4.57. The maximum absolute atomic E-state index is 11.1. The van der Waals surface area contributed by atoms with Gasteiger partial charge < -0.3 is 9.84 Å². The van der Waals surface area contributed by atoms with Gasteiger partial charge >= 0.3 is 24.8 Å². The smallest absolute Gasteiger partial charge is 0.389 e. The first-order valence-corrected chi connectivity index (χ1v) is 15.7. The molecule has 0 amide bonds. The summed E-state index contributed by atoms with van der Waals surface area (Å²) in [5, 5.41) is 10.6. The van der Waals surface area contributed by atoms with Crippen molar-refractivity contribution in [2.24, 2.45) is 0 Å². The van der Waals surface area contributed by atoms with Gasteiger partial charge in [0.1, 0.15) is 0 Å². The van der Waals surface area contributed by atoms with Crippen molar-refractivity contribution in [2.45, 2.75) is 12.7 Å². The van der Waals surface area contributed by atoms with Crippen LogP contribution in [0.25, 0.3) is 0 Å². The van der Waals surface area contributed by atoms with Crippen LogP contribution < -0.4 is 0 Å². The van der Waals surface area contributed by atoms with E-state index < -0.39 is 30.9 Å². The molecule has 1 aliphatic rings. The minimum absolute atomic E-state index is 0.102. The van der Waals surface area contributed by atoms with Crippen molar-refractivity contribution in [2.75, 3.05) is 85.7 Å². The Bertz CT molecular complexity index is 843. The second kappa shape index (κ2) is 20.0. The summed E-state index contributed by atoms with van der Waals surface area (Å²) in [7, 11) is -8.38. The first-order valence-electron chi connectivity index (χ1n) is 12.3. The Morgan fingerprint density at radius 2 is 1.05 bits per heavy atom. The molecule has 0 aromatic heterocycles. The molecule has 220 valence electrons. The van der Waals surface area contributed by atoms with E-state index in [0.717, 1.165) is 5.56 Å². The van der Waals surface area contributed by atoms with Gasteiger partial charge in [0, 0.05) is 72.6 Å². The average Bonchev–Trinajstić information content (AvgIpc) is 2.89.